The van der Waals surface area contributed by atoms with Crippen molar-refractivity contribution >= 4 is 11.2 Å². The quantitative estimate of drug-likeness (QED) is 0.356. The van der Waals surface area contributed by atoms with E-state index in [1.807, 2.05) is 42.8 Å². The van der Waals surface area contributed by atoms with Gasteiger partial charge in [0.05, 0.1) is 41.1 Å². The lowest BCUT2D eigenvalue weighted by molar-refractivity contribution is -0.142. The maximum absolute atomic E-state index is 12.8. The lowest BCUT2D eigenvalue weighted by atomic mass is 10.1. The molecule has 8 nitrogen and oxygen atoms in total. The normalized spacial score (nSPS) is 13.0. The standard InChI is InChI=1S/C23H20F3N7O/c1-13-20(15(3)34-31-13)19-9-28-21-17(16-8-29-32(10-16)12-23(24,25)26)11-33(22(21)30-19)14(2)18-6-4-5-7-27-18/h4-11,14H,12H2,1-3H3/t14-/m0/s1. The van der Waals surface area contributed by atoms with Gasteiger partial charge in [0, 0.05) is 29.7 Å². The minimum Gasteiger partial charge on any atom is -0.361 e. The summed E-state index contributed by atoms with van der Waals surface area (Å²) < 4.78 is 46.6. The lowest BCUT2D eigenvalue weighted by Gasteiger charge is -2.14. The molecule has 0 aliphatic carbocycles. The molecular weight excluding hydrogens is 447 g/mol. The Labute approximate surface area is 192 Å². The van der Waals surface area contributed by atoms with Gasteiger partial charge in [0.15, 0.2) is 5.65 Å². The highest BCUT2D eigenvalue weighted by Crippen LogP contribution is 2.34. The summed E-state index contributed by atoms with van der Waals surface area (Å²) >= 11 is 0. The van der Waals surface area contributed by atoms with Crippen LogP contribution in [0.3, 0.4) is 0 Å². The summed E-state index contributed by atoms with van der Waals surface area (Å²) in [7, 11) is 0. The number of nitrogens with zero attached hydrogens (tertiary/aromatic N) is 7. The van der Waals surface area contributed by atoms with Crippen LogP contribution in [0, 0.1) is 13.8 Å². The van der Waals surface area contributed by atoms with Crippen molar-refractivity contribution in [1.29, 1.82) is 0 Å². The van der Waals surface area contributed by atoms with Crippen molar-refractivity contribution in [2.75, 3.05) is 0 Å². The molecule has 0 N–H and O–H groups in total. The van der Waals surface area contributed by atoms with Crippen LogP contribution >= 0.6 is 0 Å². The Hall–Kier alpha value is -4.02. The van der Waals surface area contributed by atoms with Crippen molar-refractivity contribution in [3.63, 3.8) is 0 Å². The summed E-state index contributed by atoms with van der Waals surface area (Å²) in [6.45, 7) is 4.44. The van der Waals surface area contributed by atoms with E-state index in [4.69, 9.17) is 9.51 Å². The van der Waals surface area contributed by atoms with Crippen LogP contribution in [-0.2, 0) is 6.54 Å². The molecular formula is C23H20F3N7O. The molecule has 0 aliphatic heterocycles. The second-order valence-corrected chi connectivity index (χ2v) is 8.05. The van der Waals surface area contributed by atoms with Crippen molar-refractivity contribution in [3.05, 3.63) is 66.3 Å². The van der Waals surface area contributed by atoms with Crippen LogP contribution in [0.2, 0.25) is 0 Å². The summed E-state index contributed by atoms with van der Waals surface area (Å²) in [5.41, 5.74) is 5.10. The number of halogens is 3. The molecule has 11 heteroatoms. The molecule has 0 saturated heterocycles. The van der Waals surface area contributed by atoms with Gasteiger partial charge in [-0.2, -0.15) is 18.3 Å². The molecule has 0 unspecified atom stereocenters. The molecule has 5 heterocycles. The van der Waals surface area contributed by atoms with Crippen LogP contribution in [-0.4, -0.2) is 40.6 Å². The molecule has 174 valence electrons. The summed E-state index contributed by atoms with van der Waals surface area (Å²) in [5.74, 6) is 0.621. The van der Waals surface area contributed by atoms with Crippen molar-refractivity contribution < 1.29 is 17.7 Å². The number of fused-ring (bicyclic) bond motifs is 1. The number of aromatic nitrogens is 7. The first-order valence-corrected chi connectivity index (χ1v) is 10.5. The summed E-state index contributed by atoms with van der Waals surface area (Å²) in [6, 6.07) is 5.42. The monoisotopic (exact) mass is 467 g/mol. The first-order valence-electron chi connectivity index (χ1n) is 10.5. The van der Waals surface area contributed by atoms with Gasteiger partial charge in [0.1, 0.15) is 17.8 Å². The smallest absolute Gasteiger partial charge is 0.361 e. The third kappa shape index (κ3) is 3.93. The zero-order valence-corrected chi connectivity index (χ0v) is 18.6. The van der Waals surface area contributed by atoms with Crippen LogP contribution in [0.5, 0.6) is 0 Å². The van der Waals surface area contributed by atoms with E-state index in [1.54, 1.807) is 19.3 Å². The molecule has 0 radical (unpaired) electrons. The fourth-order valence-electron chi connectivity index (χ4n) is 4.02. The zero-order chi connectivity index (χ0) is 24.0. The Morgan fingerprint density at radius 3 is 2.59 bits per heavy atom. The highest BCUT2D eigenvalue weighted by Gasteiger charge is 2.29. The van der Waals surface area contributed by atoms with Gasteiger partial charge in [0.2, 0.25) is 0 Å². The summed E-state index contributed by atoms with van der Waals surface area (Å²) in [4.78, 5) is 14.0. The van der Waals surface area contributed by atoms with Crippen LogP contribution < -0.4 is 0 Å². The van der Waals surface area contributed by atoms with Gasteiger partial charge in [-0.25, -0.2) is 9.97 Å². The fraction of sp³-hybridized carbons (Fsp3) is 0.261. The van der Waals surface area contributed by atoms with Gasteiger partial charge >= 0.3 is 6.18 Å². The number of aryl methyl sites for hydroxylation is 2. The average Bonchev–Trinajstić information content (AvgIpc) is 3.49. The predicted octanol–water partition coefficient (Wildman–Crippen LogP) is 5.13. The van der Waals surface area contributed by atoms with Gasteiger partial charge in [-0.05, 0) is 32.9 Å². The molecule has 5 rings (SSSR count). The number of hydrogen-bond donors (Lipinski definition) is 0. The molecule has 0 amide bonds. The molecule has 0 fully saturated rings. The molecule has 34 heavy (non-hydrogen) atoms. The zero-order valence-electron chi connectivity index (χ0n) is 18.6. The van der Waals surface area contributed by atoms with Crippen molar-refractivity contribution in [2.24, 2.45) is 0 Å². The van der Waals surface area contributed by atoms with Gasteiger partial charge in [-0.15, -0.1) is 0 Å². The molecule has 0 bridgehead atoms. The SMILES string of the molecule is Cc1noc(C)c1-c1cnc2c(-c3cnn(CC(F)(F)F)c3)cn([C@@H](C)c3ccccn3)c2n1. The molecule has 0 aliphatic rings. The molecule has 0 aromatic carbocycles. The molecule has 0 spiro atoms. The van der Waals surface area contributed by atoms with E-state index in [-0.39, 0.29) is 6.04 Å². The Bertz CT molecular complexity index is 1450. The lowest BCUT2D eigenvalue weighted by Crippen LogP contribution is -2.17. The highest BCUT2D eigenvalue weighted by molar-refractivity contribution is 5.91. The maximum Gasteiger partial charge on any atom is 0.408 e. The maximum atomic E-state index is 12.8. The highest BCUT2D eigenvalue weighted by atomic mass is 19.4. The number of hydrogen-bond acceptors (Lipinski definition) is 6. The van der Waals surface area contributed by atoms with E-state index in [2.05, 4.69) is 20.2 Å². The van der Waals surface area contributed by atoms with Gasteiger partial charge in [-0.1, -0.05) is 11.2 Å². The Morgan fingerprint density at radius 1 is 1.09 bits per heavy atom. The van der Waals surface area contributed by atoms with E-state index in [0.717, 1.165) is 15.9 Å². The van der Waals surface area contributed by atoms with Crippen molar-refractivity contribution in [2.45, 2.75) is 39.5 Å². The third-order valence-electron chi connectivity index (χ3n) is 5.63. The Morgan fingerprint density at radius 2 is 1.91 bits per heavy atom. The summed E-state index contributed by atoms with van der Waals surface area (Å²) in [6.07, 6.45) is 3.56. The van der Waals surface area contributed by atoms with Gasteiger partial charge in [0.25, 0.3) is 0 Å². The molecule has 5 aromatic rings. The van der Waals surface area contributed by atoms with Crippen molar-refractivity contribution in [3.8, 4) is 22.4 Å². The summed E-state index contributed by atoms with van der Waals surface area (Å²) in [5, 5.41) is 7.88. The Kier molecular flexibility index (Phi) is 5.18. The van der Waals surface area contributed by atoms with E-state index in [0.29, 0.717) is 39.4 Å². The topological polar surface area (TPSA) is 87.5 Å². The molecule has 1 atom stereocenters. The number of rotatable bonds is 5. The van der Waals surface area contributed by atoms with Gasteiger partial charge < -0.3 is 9.09 Å². The first kappa shape index (κ1) is 21.8. The minimum atomic E-state index is -4.37. The second kappa shape index (κ2) is 8.08. The third-order valence-corrected chi connectivity index (χ3v) is 5.63. The fourth-order valence-corrected chi connectivity index (χ4v) is 4.02. The van der Waals surface area contributed by atoms with Gasteiger partial charge in [-0.3, -0.25) is 9.67 Å². The van der Waals surface area contributed by atoms with Crippen LogP contribution in [0.1, 0.15) is 30.1 Å². The van der Waals surface area contributed by atoms with Crippen molar-refractivity contribution in [1.82, 2.24) is 34.5 Å². The average molecular weight is 467 g/mol. The number of pyridine rings is 1. The number of alkyl halides is 3. The molecule has 5 aromatic heterocycles. The first-order chi connectivity index (χ1) is 16.2. The van der Waals surface area contributed by atoms with Crippen LogP contribution in [0.15, 0.2) is 53.7 Å². The second-order valence-electron chi connectivity index (χ2n) is 8.05. The van der Waals surface area contributed by atoms with E-state index >= 15 is 0 Å². The van der Waals surface area contributed by atoms with Crippen LogP contribution in [0.25, 0.3) is 33.5 Å². The van der Waals surface area contributed by atoms with Crippen LogP contribution in [0.4, 0.5) is 13.2 Å². The van der Waals surface area contributed by atoms with E-state index in [9.17, 15) is 13.2 Å². The molecule has 0 saturated carbocycles. The predicted molar refractivity (Wildman–Crippen MR) is 118 cm³/mol. The minimum absolute atomic E-state index is 0.211. The van der Waals surface area contributed by atoms with E-state index < -0.39 is 12.7 Å². The Balaban J connectivity index is 1.68. The largest absolute Gasteiger partial charge is 0.408 e. The van der Waals surface area contributed by atoms with E-state index in [1.165, 1.54) is 12.4 Å².